The molecule has 9 heteroatoms. The molecule has 0 aliphatic heterocycles. The zero-order valence-electron chi connectivity index (χ0n) is 15.7. The molecule has 0 radical (unpaired) electrons. The average Bonchev–Trinajstić information content (AvgIpc) is 3.20. The van der Waals surface area contributed by atoms with Gasteiger partial charge in [0.15, 0.2) is 0 Å². The molecule has 29 heavy (non-hydrogen) atoms. The van der Waals surface area contributed by atoms with Gasteiger partial charge in [0.1, 0.15) is 17.7 Å². The van der Waals surface area contributed by atoms with Gasteiger partial charge in [-0.25, -0.2) is 0 Å². The minimum absolute atomic E-state index is 0.0163. The maximum absolute atomic E-state index is 12.9. The number of rotatable bonds is 8. The molecule has 0 aromatic heterocycles. The van der Waals surface area contributed by atoms with E-state index >= 15 is 0 Å². The second-order valence-electron chi connectivity index (χ2n) is 7.44. The van der Waals surface area contributed by atoms with E-state index in [9.17, 15) is 23.7 Å². The first-order valence-electron chi connectivity index (χ1n) is 8.86. The standard InChI is InChI=1S/C20H19ClF2N2O4/c1-20(2)14(10-26)18(20)12-4-3-5-17(29-19(22)23)13(12)9-24-15-8-11(21)6-7-16(15)25(27)28/h3-8,10,14,18-19,24H,9H2,1-2H3. The molecule has 1 saturated carbocycles. The molecule has 2 aromatic rings. The van der Waals surface area contributed by atoms with Gasteiger partial charge >= 0.3 is 6.61 Å². The van der Waals surface area contributed by atoms with Gasteiger partial charge in [0, 0.05) is 35.0 Å². The largest absolute Gasteiger partial charge is 0.434 e. The molecule has 0 bridgehead atoms. The third kappa shape index (κ3) is 4.17. The van der Waals surface area contributed by atoms with E-state index in [1.807, 2.05) is 13.8 Å². The van der Waals surface area contributed by atoms with E-state index in [0.29, 0.717) is 16.1 Å². The van der Waals surface area contributed by atoms with Crippen LogP contribution in [0.2, 0.25) is 5.02 Å². The highest BCUT2D eigenvalue weighted by Crippen LogP contribution is 2.64. The van der Waals surface area contributed by atoms with E-state index in [4.69, 9.17) is 11.6 Å². The van der Waals surface area contributed by atoms with Crippen LogP contribution >= 0.6 is 11.6 Å². The number of alkyl halides is 2. The lowest BCUT2D eigenvalue weighted by atomic mass is 9.97. The molecule has 1 aliphatic carbocycles. The van der Waals surface area contributed by atoms with E-state index in [-0.39, 0.29) is 40.9 Å². The highest BCUT2D eigenvalue weighted by Gasteiger charge is 2.59. The first kappa shape index (κ1) is 21.0. The lowest BCUT2D eigenvalue weighted by Gasteiger charge is -2.17. The van der Waals surface area contributed by atoms with E-state index in [0.717, 1.165) is 6.29 Å². The Labute approximate surface area is 171 Å². The zero-order valence-corrected chi connectivity index (χ0v) is 16.5. The van der Waals surface area contributed by atoms with Crippen molar-refractivity contribution >= 4 is 29.3 Å². The Bertz CT molecular complexity index is 952. The molecule has 0 saturated heterocycles. The highest BCUT2D eigenvalue weighted by molar-refractivity contribution is 6.31. The molecule has 0 spiro atoms. The van der Waals surface area contributed by atoms with Crippen molar-refractivity contribution in [1.29, 1.82) is 0 Å². The van der Waals surface area contributed by atoms with Crippen molar-refractivity contribution in [3.63, 3.8) is 0 Å². The molecular formula is C20H19ClF2N2O4. The van der Waals surface area contributed by atoms with Crippen LogP contribution in [0.15, 0.2) is 36.4 Å². The van der Waals surface area contributed by atoms with E-state index < -0.39 is 11.5 Å². The van der Waals surface area contributed by atoms with Crippen LogP contribution < -0.4 is 10.1 Å². The molecule has 2 unspecified atom stereocenters. The van der Waals surface area contributed by atoms with Crippen molar-refractivity contribution in [2.24, 2.45) is 11.3 Å². The SMILES string of the molecule is CC1(C)C(C=O)C1c1cccc(OC(F)F)c1CNc1cc(Cl)ccc1[N+](=O)[O-]. The van der Waals surface area contributed by atoms with Gasteiger partial charge in [-0.1, -0.05) is 37.6 Å². The number of carbonyl (C=O) groups excluding carboxylic acids is 1. The van der Waals surface area contributed by atoms with Crippen molar-refractivity contribution in [2.45, 2.75) is 32.9 Å². The lowest BCUT2D eigenvalue weighted by Crippen LogP contribution is -2.11. The number of nitro groups is 1. The number of aldehydes is 1. The van der Waals surface area contributed by atoms with Crippen molar-refractivity contribution in [2.75, 3.05) is 5.32 Å². The quantitative estimate of drug-likeness (QED) is 0.348. The van der Waals surface area contributed by atoms with Crippen LogP contribution in [0.4, 0.5) is 20.2 Å². The number of benzene rings is 2. The maximum Gasteiger partial charge on any atom is 0.387 e. The number of ether oxygens (including phenoxy) is 1. The second kappa shape index (κ2) is 7.94. The maximum atomic E-state index is 12.9. The fourth-order valence-corrected chi connectivity index (χ4v) is 3.96. The molecule has 2 aromatic carbocycles. The first-order valence-corrected chi connectivity index (χ1v) is 9.24. The van der Waals surface area contributed by atoms with Crippen molar-refractivity contribution in [1.82, 2.24) is 0 Å². The van der Waals surface area contributed by atoms with Gasteiger partial charge in [0.25, 0.3) is 5.69 Å². The summed E-state index contributed by atoms with van der Waals surface area (Å²) in [5, 5.41) is 14.5. The van der Waals surface area contributed by atoms with E-state index in [2.05, 4.69) is 10.1 Å². The molecule has 2 atom stereocenters. The molecule has 154 valence electrons. The van der Waals surface area contributed by atoms with Crippen LogP contribution in [0.1, 0.15) is 30.9 Å². The molecule has 1 N–H and O–H groups in total. The number of nitro benzene ring substituents is 1. The highest BCUT2D eigenvalue weighted by atomic mass is 35.5. The number of halogens is 3. The van der Waals surface area contributed by atoms with Crippen molar-refractivity contribution in [3.8, 4) is 5.75 Å². The first-order chi connectivity index (χ1) is 13.7. The van der Waals surface area contributed by atoms with Crippen molar-refractivity contribution < 1.29 is 23.2 Å². The van der Waals surface area contributed by atoms with Crippen LogP contribution in [0.25, 0.3) is 0 Å². The normalized spacial score (nSPS) is 19.7. The van der Waals surface area contributed by atoms with Crippen LogP contribution in [0, 0.1) is 21.4 Å². The smallest absolute Gasteiger partial charge is 0.387 e. The Morgan fingerprint density at radius 3 is 2.66 bits per heavy atom. The number of hydrogen-bond donors (Lipinski definition) is 1. The molecule has 0 heterocycles. The van der Waals surface area contributed by atoms with Gasteiger partial charge in [-0.15, -0.1) is 0 Å². The predicted octanol–water partition coefficient (Wildman–Crippen LogP) is 5.40. The number of nitrogens with one attached hydrogen (secondary N) is 1. The Morgan fingerprint density at radius 1 is 1.34 bits per heavy atom. The molecule has 1 aliphatic rings. The topological polar surface area (TPSA) is 81.5 Å². The van der Waals surface area contributed by atoms with Gasteiger partial charge in [-0.2, -0.15) is 8.78 Å². The summed E-state index contributed by atoms with van der Waals surface area (Å²) in [7, 11) is 0. The minimum atomic E-state index is -3.03. The van der Waals surface area contributed by atoms with Crippen LogP contribution in [-0.2, 0) is 11.3 Å². The van der Waals surface area contributed by atoms with Gasteiger partial charge < -0.3 is 14.8 Å². The molecule has 6 nitrogen and oxygen atoms in total. The summed E-state index contributed by atoms with van der Waals surface area (Å²) in [5.74, 6) is -0.446. The van der Waals surface area contributed by atoms with Crippen LogP contribution in [0.3, 0.4) is 0 Å². The fourth-order valence-electron chi connectivity index (χ4n) is 3.79. The summed E-state index contributed by atoms with van der Waals surface area (Å²) in [6.45, 7) is 0.809. The van der Waals surface area contributed by atoms with Gasteiger partial charge in [-0.05, 0) is 29.2 Å². The van der Waals surface area contributed by atoms with Crippen molar-refractivity contribution in [3.05, 3.63) is 62.7 Å². The molecule has 0 amide bonds. The molecule has 1 fully saturated rings. The van der Waals surface area contributed by atoms with Crippen LogP contribution in [0.5, 0.6) is 5.75 Å². The Hall–Kier alpha value is -2.74. The Morgan fingerprint density at radius 2 is 2.07 bits per heavy atom. The third-order valence-corrected chi connectivity index (χ3v) is 5.62. The van der Waals surface area contributed by atoms with E-state index in [1.54, 1.807) is 12.1 Å². The number of anilines is 1. The number of carbonyl (C=O) groups is 1. The minimum Gasteiger partial charge on any atom is -0.434 e. The molecule has 3 rings (SSSR count). The second-order valence-corrected chi connectivity index (χ2v) is 7.87. The van der Waals surface area contributed by atoms with Gasteiger partial charge in [0.05, 0.1) is 4.92 Å². The summed E-state index contributed by atoms with van der Waals surface area (Å²) in [4.78, 5) is 22.1. The summed E-state index contributed by atoms with van der Waals surface area (Å²) in [6.07, 6.45) is 0.865. The van der Waals surface area contributed by atoms with Gasteiger partial charge in [0.2, 0.25) is 0 Å². The Kier molecular flexibility index (Phi) is 5.75. The number of hydrogen-bond acceptors (Lipinski definition) is 5. The summed E-state index contributed by atoms with van der Waals surface area (Å²) >= 11 is 5.95. The zero-order chi connectivity index (χ0) is 21.3. The monoisotopic (exact) mass is 424 g/mol. The summed E-state index contributed by atoms with van der Waals surface area (Å²) < 4.78 is 30.5. The lowest BCUT2D eigenvalue weighted by molar-refractivity contribution is -0.384. The van der Waals surface area contributed by atoms with E-state index in [1.165, 1.54) is 24.3 Å². The summed E-state index contributed by atoms with van der Waals surface area (Å²) in [6, 6.07) is 8.81. The summed E-state index contributed by atoms with van der Waals surface area (Å²) in [5.41, 5.74) is 0.761. The fraction of sp³-hybridized carbons (Fsp3) is 0.350. The third-order valence-electron chi connectivity index (χ3n) is 5.39. The predicted molar refractivity (Wildman–Crippen MR) is 105 cm³/mol. The number of nitrogens with zero attached hydrogens (tertiary/aromatic N) is 1. The Balaban J connectivity index is 1.99. The average molecular weight is 425 g/mol. The van der Waals surface area contributed by atoms with Gasteiger partial charge in [-0.3, -0.25) is 10.1 Å². The van der Waals surface area contributed by atoms with Crippen LogP contribution in [-0.4, -0.2) is 17.8 Å². The molecular weight excluding hydrogens is 406 g/mol.